The molecule has 0 bridgehead atoms. The van der Waals surface area contributed by atoms with Gasteiger partial charge in [0.25, 0.3) is 0 Å². The van der Waals surface area contributed by atoms with Crippen LogP contribution in [0.5, 0.6) is 0 Å². The van der Waals surface area contributed by atoms with Crippen molar-refractivity contribution in [3.8, 4) is 17.1 Å². The first-order chi connectivity index (χ1) is 14.2. The minimum Gasteiger partial charge on any atom is -0.360 e. The highest BCUT2D eigenvalue weighted by Gasteiger charge is 2.20. The molecule has 29 heavy (non-hydrogen) atoms. The predicted octanol–water partition coefficient (Wildman–Crippen LogP) is 4.75. The van der Waals surface area contributed by atoms with Gasteiger partial charge in [-0.3, -0.25) is 9.25 Å². The van der Waals surface area contributed by atoms with E-state index < -0.39 is 0 Å². The van der Waals surface area contributed by atoms with Crippen LogP contribution in [0.4, 0.5) is 0 Å². The first-order valence-corrected chi connectivity index (χ1v) is 10.4. The molecule has 0 fully saturated rings. The number of nitrogens with zero attached hydrogens (tertiary/aromatic N) is 5. The molecule has 2 aromatic carbocycles. The number of H-pyrrole nitrogens is 1. The lowest BCUT2D eigenvalue weighted by Crippen LogP contribution is -2.01. The standard InChI is InChI=1S/C22H20N6S/c1-15-7-3-6-10-20(15)28-21(18-12-23-19-9-5-4-8-17(18)19)25-26-22(28)29-14-16-11-24-27(2)13-16/h3-13,23H,14H2,1-2H3. The smallest absolute Gasteiger partial charge is 0.196 e. The van der Waals surface area contributed by atoms with Crippen LogP contribution in [-0.4, -0.2) is 29.5 Å². The number of nitrogens with one attached hydrogen (secondary N) is 1. The molecule has 5 rings (SSSR count). The summed E-state index contributed by atoms with van der Waals surface area (Å²) in [7, 11) is 1.93. The van der Waals surface area contributed by atoms with E-state index in [1.165, 1.54) is 5.56 Å². The quantitative estimate of drug-likeness (QED) is 0.433. The Hall–Kier alpha value is -3.32. The van der Waals surface area contributed by atoms with E-state index in [-0.39, 0.29) is 0 Å². The van der Waals surface area contributed by atoms with Crippen molar-refractivity contribution in [1.29, 1.82) is 0 Å². The molecule has 0 unspecified atom stereocenters. The monoisotopic (exact) mass is 400 g/mol. The molecule has 7 heteroatoms. The van der Waals surface area contributed by atoms with Crippen LogP contribution in [0.15, 0.2) is 72.3 Å². The van der Waals surface area contributed by atoms with Gasteiger partial charge in [-0.15, -0.1) is 10.2 Å². The van der Waals surface area contributed by atoms with Gasteiger partial charge in [-0.25, -0.2) is 0 Å². The summed E-state index contributed by atoms with van der Waals surface area (Å²) < 4.78 is 3.98. The molecule has 0 aliphatic heterocycles. The maximum Gasteiger partial charge on any atom is 0.196 e. The Morgan fingerprint density at radius 1 is 1.03 bits per heavy atom. The molecule has 0 saturated heterocycles. The Morgan fingerprint density at radius 3 is 2.69 bits per heavy atom. The van der Waals surface area contributed by atoms with Gasteiger partial charge in [-0.1, -0.05) is 48.2 Å². The van der Waals surface area contributed by atoms with E-state index in [1.54, 1.807) is 11.8 Å². The van der Waals surface area contributed by atoms with Crippen molar-refractivity contribution in [2.75, 3.05) is 0 Å². The van der Waals surface area contributed by atoms with Crippen molar-refractivity contribution in [1.82, 2.24) is 29.5 Å². The van der Waals surface area contributed by atoms with Gasteiger partial charge in [0.1, 0.15) is 0 Å². The summed E-state index contributed by atoms with van der Waals surface area (Å²) in [6, 6.07) is 16.6. The summed E-state index contributed by atoms with van der Waals surface area (Å²) in [4.78, 5) is 3.35. The second kappa shape index (κ2) is 7.25. The van der Waals surface area contributed by atoms with E-state index in [4.69, 9.17) is 0 Å². The second-order valence-corrected chi connectivity index (χ2v) is 7.93. The zero-order valence-corrected chi connectivity index (χ0v) is 17.0. The van der Waals surface area contributed by atoms with Gasteiger partial charge in [-0.2, -0.15) is 5.10 Å². The molecule has 0 spiro atoms. The Labute approximate surface area is 172 Å². The lowest BCUT2D eigenvalue weighted by Gasteiger charge is -2.12. The lowest BCUT2D eigenvalue weighted by molar-refractivity contribution is 0.767. The number of rotatable bonds is 5. The van der Waals surface area contributed by atoms with Crippen LogP contribution in [0, 0.1) is 6.92 Å². The number of aryl methyl sites for hydroxylation is 2. The molecular weight excluding hydrogens is 380 g/mol. The van der Waals surface area contributed by atoms with Crippen LogP contribution in [0.1, 0.15) is 11.1 Å². The molecule has 3 aromatic heterocycles. The van der Waals surface area contributed by atoms with Crippen molar-refractivity contribution in [3.05, 3.63) is 78.2 Å². The first kappa shape index (κ1) is 17.8. The number of fused-ring (bicyclic) bond motifs is 1. The van der Waals surface area contributed by atoms with Gasteiger partial charge in [-0.05, 0) is 24.6 Å². The Bertz CT molecular complexity index is 1300. The summed E-state index contributed by atoms with van der Waals surface area (Å²) in [6.45, 7) is 2.11. The van der Waals surface area contributed by atoms with Crippen LogP contribution in [0.3, 0.4) is 0 Å². The number of hydrogen-bond acceptors (Lipinski definition) is 4. The molecule has 0 aliphatic carbocycles. The predicted molar refractivity (Wildman–Crippen MR) is 116 cm³/mol. The highest BCUT2D eigenvalue weighted by atomic mass is 32.2. The fourth-order valence-corrected chi connectivity index (χ4v) is 4.38. The number of thioether (sulfide) groups is 1. The molecule has 1 N–H and O–H groups in total. The van der Waals surface area contributed by atoms with E-state index in [1.807, 2.05) is 42.5 Å². The molecule has 0 aliphatic rings. The lowest BCUT2D eigenvalue weighted by atomic mass is 10.1. The van der Waals surface area contributed by atoms with Crippen molar-refractivity contribution in [2.24, 2.45) is 7.05 Å². The zero-order chi connectivity index (χ0) is 19.8. The first-order valence-electron chi connectivity index (χ1n) is 9.39. The molecule has 0 amide bonds. The van der Waals surface area contributed by atoms with E-state index in [0.717, 1.165) is 44.5 Å². The van der Waals surface area contributed by atoms with E-state index in [9.17, 15) is 0 Å². The van der Waals surface area contributed by atoms with Crippen LogP contribution in [0.2, 0.25) is 0 Å². The van der Waals surface area contributed by atoms with Crippen LogP contribution in [-0.2, 0) is 12.8 Å². The molecule has 0 atom stereocenters. The minimum absolute atomic E-state index is 0.783. The normalized spacial score (nSPS) is 11.4. The Kier molecular flexibility index (Phi) is 4.44. The maximum absolute atomic E-state index is 4.60. The SMILES string of the molecule is Cc1ccccc1-n1c(SCc2cnn(C)c2)nnc1-c1c[nH]c2ccccc12. The molecule has 6 nitrogen and oxygen atoms in total. The third-order valence-corrected chi connectivity index (χ3v) is 5.95. The fraction of sp³-hybridized carbons (Fsp3) is 0.136. The van der Waals surface area contributed by atoms with Gasteiger partial charge < -0.3 is 4.98 Å². The number of aromatic amines is 1. The number of para-hydroxylation sites is 2. The fourth-order valence-electron chi connectivity index (χ4n) is 3.52. The number of aromatic nitrogens is 6. The molecule has 0 radical (unpaired) electrons. The number of benzene rings is 2. The third-order valence-electron chi connectivity index (χ3n) is 4.95. The van der Waals surface area contributed by atoms with Crippen LogP contribution < -0.4 is 0 Å². The van der Waals surface area contributed by atoms with Gasteiger partial charge in [0.15, 0.2) is 11.0 Å². The van der Waals surface area contributed by atoms with Gasteiger partial charge in [0.2, 0.25) is 0 Å². The van der Waals surface area contributed by atoms with Crippen molar-refractivity contribution in [3.63, 3.8) is 0 Å². The molecular formula is C22H20N6S. The zero-order valence-electron chi connectivity index (χ0n) is 16.2. The van der Waals surface area contributed by atoms with Crippen molar-refractivity contribution < 1.29 is 0 Å². The van der Waals surface area contributed by atoms with Gasteiger partial charge in [0.05, 0.1) is 11.9 Å². The van der Waals surface area contributed by atoms with Gasteiger partial charge in [0, 0.05) is 47.2 Å². The molecule has 0 saturated carbocycles. The maximum atomic E-state index is 4.60. The van der Waals surface area contributed by atoms with Crippen LogP contribution in [0.25, 0.3) is 28.0 Å². The topological polar surface area (TPSA) is 64.3 Å². The molecule has 5 aromatic rings. The average Bonchev–Trinajstić information content (AvgIpc) is 3.44. The van der Waals surface area contributed by atoms with E-state index in [0.29, 0.717) is 0 Å². The summed E-state index contributed by atoms with van der Waals surface area (Å²) >= 11 is 1.67. The highest BCUT2D eigenvalue weighted by molar-refractivity contribution is 7.98. The van der Waals surface area contributed by atoms with Gasteiger partial charge >= 0.3 is 0 Å². The van der Waals surface area contributed by atoms with Crippen molar-refractivity contribution in [2.45, 2.75) is 17.8 Å². The largest absolute Gasteiger partial charge is 0.360 e. The van der Waals surface area contributed by atoms with E-state index in [2.05, 4.69) is 68.2 Å². The average molecular weight is 401 g/mol. The summed E-state index contributed by atoms with van der Waals surface area (Å²) in [5.74, 6) is 1.62. The van der Waals surface area contributed by atoms with E-state index >= 15 is 0 Å². The number of hydrogen-bond donors (Lipinski definition) is 1. The molecule has 144 valence electrons. The Balaban J connectivity index is 1.63. The minimum atomic E-state index is 0.783. The summed E-state index contributed by atoms with van der Waals surface area (Å²) in [5, 5.41) is 15.4. The second-order valence-electron chi connectivity index (χ2n) is 6.99. The Morgan fingerprint density at radius 2 is 1.86 bits per heavy atom. The highest BCUT2D eigenvalue weighted by Crippen LogP contribution is 2.34. The third kappa shape index (κ3) is 3.23. The van der Waals surface area contributed by atoms with Crippen LogP contribution >= 0.6 is 11.8 Å². The summed E-state index contributed by atoms with van der Waals surface area (Å²) in [6.07, 6.45) is 5.93. The van der Waals surface area contributed by atoms with Crippen molar-refractivity contribution >= 4 is 22.7 Å². The molecule has 3 heterocycles. The summed E-state index contributed by atoms with van der Waals surface area (Å²) in [5.41, 5.74) is 5.56.